The molecule has 2 atom stereocenters. The molecule has 2 aliphatic heterocycles. The number of benzene rings is 2. The van der Waals surface area contributed by atoms with Crippen molar-refractivity contribution < 1.29 is 23.9 Å². The molecule has 1 saturated heterocycles. The van der Waals surface area contributed by atoms with Crippen molar-refractivity contribution >= 4 is 23.4 Å². The number of ether oxygens (including phenoxy) is 2. The summed E-state index contributed by atoms with van der Waals surface area (Å²) in [6.45, 7) is 1.02. The fourth-order valence-corrected chi connectivity index (χ4v) is 3.52. The van der Waals surface area contributed by atoms with E-state index in [9.17, 15) is 14.4 Å². The van der Waals surface area contributed by atoms with Crippen LogP contribution < -0.4 is 25.0 Å². The smallest absolute Gasteiger partial charge is 0.264 e. The van der Waals surface area contributed by atoms with Crippen LogP contribution in [0.3, 0.4) is 0 Å². The van der Waals surface area contributed by atoms with Gasteiger partial charge in [-0.1, -0.05) is 30.3 Å². The van der Waals surface area contributed by atoms with Gasteiger partial charge in [0.05, 0.1) is 5.92 Å². The molecule has 30 heavy (non-hydrogen) atoms. The van der Waals surface area contributed by atoms with E-state index >= 15 is 0 Å². The Balaban J connectivity index is 1.19. The van der Waals surface area contributed by atoms with Crippen LogP contribution in [0.25, 0.3) is 0 Å². The third-order valence-electron chi connectivity index (χ3n) is 5.09. The monoisotopic (exact) mass is 409 g/mol. The Morgan fingerprint density at radius 3 is 2.37 bits per heavy atom. The summed E-state index contributed by atoms with van der Waals surface area (Å²) in [6, 6.07) is 16.5. The Kier molecular flexibility index (Phi) is 5.83. The van der Waals surface area contributed by atoms with Crippen LogP contribution in [0.5, 0.6) is 11.5 Å². The summed E-state index contributed by atoms with van der Waals surface area (Å²) in [7, 11) is 0. The highest BCUT2D eigenvalue weighted by atomic mass is 16.6. The molecule has 2 aromatic carbocycles. The lowest BCUT2D eigenvalue weighted by atomic mass is 10.1. The molecule has 4 rings (SSSR count). The standard InChI is InChI=1S/C22H23N3O5/c26-20-12-15(13-25(20)16-6-2-1-3-7-16)21(27)23-10-11-24-22(28)19-14-29-17-8-4-5-9-18(17)30-19/h1-9,15,19H,10-14H2,(H,23,27)(H,24,28)/t15-,19+/m1/s1. The van der Waals surface area contributed by atoms with Crippen LogP contribution in [0.15, 0.2) is 54.6 Å². The van der Waals surface area contributed by atoms with Crippen molar-refractivity contribution in [3.63, 3.8) is 0 Å². The van der Waals surface area contributed by atoms with Crippen LogP contribution in [-0.2, 0) is 14.4 Å². The van der Waals surface area contributed by atoms with E-state index in [4.69, 9.17) is 9.47 Å². The summed E-state index contributed by atoms with van der Waals surface area (Å²) in [5.74, 6) is 0.187. The molecule has 8 heteroatoms. The molecule has 2 aromatic rings. The van der Waals surface area contributed by atoms with E-state index in [-0.39, 0.29) is 43.8 Å². The van der Waals surface area contributed by atoms with E-state index in [1.165, 1.54) is 0 Å². The zero-order valence-corrected chi connectivity index (χ0v) is 16.4. The number of hydrogen-bond acceptors (Lipinski definition) is 5. The van der Waals surface area contributed by atoms with Gasteiger partial charge >= 0.3 is 0 Å². The molecule has 0 unspecified atom stereocenters. The van der Waals surface area contributed by atoms with E-state index in [1.807, 2.05) is 42.5 Å². The summed E-state index contributed by atoms with van der Waals surface area (Å²) in [5, 5.41) is 5.52. The van der Waals surface area contributed by atoms with Gasteiger partial charge in [-0.2, -0.15) is 0 Å². The van der Waals surface area contributed by atoms with Crippen LogP contribution in [0, 0.1) is 5.92 Å². The highest BCUT2D eigenvalue weighted by Gasteiger charge is 2.35. The first-order chi connectivity index (χ1) is 14.6. The van der Waals surface area contributed by atoms with E-state index in [1.54, 1.807) is 17.0 Å². The summed E-state index contributed by atoms with van der Waals surface area (Å²) in [5.41, 5.74) is 0.793. The maximum atomic E-state index is 12.4. The molecule has 0 aliphatic carbocycles. The van der Waals surface area contributed by atoms with Gasteiger partial charge in [-0.15, -0.1) is 0 Å². The maximum absolute atomic E-state index is 12.4. The van der Waals surface area contributed by atoms with Gasteiger partial charge in [0.25, 0.3) is 5.91 Å². The van der Waals surface area contributed by atoms with Crippen molar-refractivity contribution in [2.75, 3.05) is 31.1 Å². The quantitative estimate of drug-likeness (QED) is 0.697. The first kappa shape index (κ1) is 19.8. The predicted molar refractivity (Wildman–Crippen MR) is 109 cm³/mol. The third kappa shape index (κ3) is 4.37. The molecule has 1 fully saturated rings. The number of hydrogen-bond donors (Lipinski definition) is 2. The molecular weight excluding hydrogens is 386 g/mol. The lowest BCUT2D eigenvalue weighted by Gasteiger charge is -2.25. The Bertz CT molecular complexity index is 933. The van der Waals surface area contributed by atoms with Crippen molar-refractivity contribution in [2.45, 2.75) is 12.5 Å². The molecule has 156 valence electrons. The Labute approximate surface area is 174 Å². The summed E-state index contributed by atoms with van der Waals surface area (Å²) in [4.78, 5) is 38.5. The van der Waals surface area contributed by atoms with Crippen LogP contribution in [0.4, 0.5) is 5.69 Å². The first-order valence-electron chi connectivity index (χ1n) is 9.91. The average molecular weight is 409 g/mol. The number of para-hydroxylation sites is 3. The summed E-state index contributed by atoms with van der Waals surface area (Å²) < 4.78 is 11.2. The van der Waals surface area contributed by atoms with Gasteiger partial charge in [0, 0.05) is 31.7 Å². The number of carbonyl (C=O) groups excluding carboxylic acids is 3. The van der Waals surface area contributed by atoms with Crippen LogP contribution in [-0.4, -0.2) is 50.1 Å². The SMILES string of the molecule is O=C(NCCNC(=O)[C@@H]1COc2ccccc2O1)[C@@H]1CC(=O)N(c2ccccc2)C1. The topological polar surface area (TPSA) is 97.0 Å². The molecule has 3 amide bonds. The zero-order chi connectivity index (χ0) is 20.9. The van der Waals surface area contributed by atoms with Gasteiger partial charge in [-0.3, -0.25) is 14.4 Å². The molecule has 2 heterocycles. The highest BCUT2D eigenvalue weighted by Crippen LogP contribution is 2.30. The molecular formula is C22H23N3O5. The van der Waals surface area contributed by atoms with E-state index in [2.05, 4.69) is 10.6 Å². The largest absolute Gasteiger partial charge is 0.485 e. The van der Waals surface area contributed by atoms with Crippen molar-refractivity contribution in [1.29, 1.82) is 0 Å². The van der Waals surface area contributed by atoms with Gasteiger partial charge in [0.15, 0.2) is 11.5 Å². The highest BCUT2D eigenvalue weighted by molar-refractivity contribution is 6.00. The van der Waals surface area contributed by atoms with Crippen molar-refractivity contribution in [1.82, 2.24) is 10.6 Å². The van der Waals surface area contributed by atoms with E-state index in [0.29, 0.717) is 18.0 Å². The number of amides is 3. The fourth-order valence-electron chi connectivity index (χ4n) is 3.52. The van der Waals surface area contributed by atoms with Crippen LogP contribution in [0.2, 0.25) is 0 Å². The number of nitrogens with one attached hydrogen (secondary N) is 2. The van der Waals surface area contributed by atoms with Gasteiger partial charge < -0.3 is 25.0 Å². The molecule has 0 radical (unpaired) electrons. The van der Waals surface area contributed by atoms with Crippen LogP contribution >= 0.6 is 0 Å². The van der Waals surface area contributed by atoms with Crippen molar-refractivity contribution in [3.8, 4) is 11.5 Å². The second-order valence-corrected chi connectivity index (χ2v) is 7.19. The molecule has 2 aliphatic rings. The molecule has 8 nitrogen and oxygen atoms in total. The summed E-state index contributed by atoms with van der Waals surface area (Å²) >= 11 is 0. The number of carbonyl (C=O) groups is 3. The molecule has 0 aromatic heterocycles. The third-order valence-corrected chi connectivity index (χ3v) is 5.09. The lowest BCUT2D eigenvalue weighted by Crippen LogP contribution is -2.46. The Morgan fingerprint density at radius 2 is 1.60 bits per heavy atom. The second kappa shape index (κ2) is 8.86. The molecule has 0 bridgehead atoms. The maximum Gasteiger partial charge on any atom is 0.264 e. The second-order valence-electron chi connectivity index (χ2n) is 7.19. The molecule has 0 spiro atoms. The van der Waals surface area contributed by atoms with Gasteiger partial charge in [0.1, 0.15) is 6.61 Å². The zero-order valence-electron chi connectivity index (χ0n) is 16.4. The Hall–Kier alpha value is -3.55. The average Bonchev–Trinajstić information content (AvgIpc) is 3.18. The minimum absolute atomic E-state index is 0.0654. The number of rotatable bonds is 6. The number of fused-ring (bicyclic) bond motifs is 1. The van der Waals surface area contributed by atoms with Gasteiger partial charge in [0.2, 0.25) is 17.9 Å². The lowest BCUT2D eigenvalue weighted by molar-refractivity contribution is -0.130. The predicted octanol–water partition coefficient (Wildman–Crippen LogP) is 1.11. The van der Waals surface area contributed by atoms with Gasteiger partial charge in [-0.25, -0.2) is 0 Å². The van der Waals surface area contributed by atoms with Gasteiger partial charge in [-0.05, 0) is 24.3 Å². The number of nitrogens with zero attached hydrogens (tertiary/aromatic N) is 1. The van der Waals surface area contributed by atoms with Crippen molar-refractivity contribution in [2.24, 2.45) is 5.92 Å². The van der Waals surface area contributed by atoms with Crippen LogP contribution in [0.1, 0.15) is 6.42 Å². The Morgan fingerprint density at radius 1 is 0.933 bits per heavy atom. The minimum Gasteiger partial charge on any atom is -0.485 e. The van der Waals surface area contributed by atoms with E-state index in [0.717, 1.165) is 5.69 Å². The van der Waals surface area contributed by atoms with E-state index < -0.39 is 12.0 Å². The molecule has 2 N–H and O–H groups in total. The summed E-state index contributed by atoms with van der Waals surface area (Å²) in [6.07, 6.45) is -0.554. The first-order valence-corrected chi connectivity index (χ1v) is 9.91. The fraction of sp³-hybridized carbons (Fsp3) is 0.318. The number of anilines is 1. The van der Waals surface area contributed by atoms with Crippen molar-refractivity contribution in [3.05, 3.63) is 54.6 Å². The minimum atomic E-state index is -0.734. The normalized spacial score (nSPS) is 20.0. The molecule has 0 saturated carbocycles.